The fourth-order valence-electron chi connectivity index (χ4n) is 9.25. The van der Waals surface area contributed by atoms with Gasteiger partial charge in [-0.15, -0.1) is 11.3 Å². The molecule has 2 aromatic heterocycles. The number of carbonyl (C=O) groups is 1. The third-order valence-electron chi connectivity index (χ3n) is 12.0. The van der Waals surface area contributed by atoms with Gasteiger partial charge in [-0.2, -0.15) is 5.06 Å². The second-order valence-corrected chi connectivity index (χ2v) is 18.5. The lowest BCUT2D eigenvalue weighted by Gasteiger charge is -2.43. The van der Waals surface area contributed by atoms with Crippen molar-refractivity contribution in [2.24, 2.45) is 5.92 Å². The van der Waals surface area contributed by atoms with Crippen LogP contribution in [0.2, 0.25) is 0 Å². The highest BCUT2D eigenvalue weighted by atomic mass is 32.1. The van der Waals surface area contributed by atoms with Crippen LogP contribution in [0.3, 0.4) is 0 Å². The molecule has 7 nitrogen and oxygen atoms in total. The number of hydrogen-bond acceptors (Lipinski definition) is 7. The standard InChI is InChI=1S/C51H50N2O5S/c1-30(2)47(38-23-21-34-19-18-32-14-13-15-33-20-22-37(38)44(34)43(32)33)53(51(4,5)6)58-31(3)50(56)57-29-12-8-7-11-28-52-48(54)39-25-24-36-35-16-9-10-17-41(35)59-42-27-26-40(49(52)55)45(39)46(36)42/h9-10,13-27,30-31,47H,7-8,11-12,28-29H2,1-6H3. The zero-order valence-electron chi connectivity index (χ0n) is 34.6. The van der Waals surface area contributed by atoms with E-state index in [1.807, 2.05) is 41.5 Å². The van der Waals surface area contributed by atoms with Crippen molar-refractivity contribution in [3.8, 4) is 0 Å². The van der Waals surface area contributed by atoms with Crippen LogP contribution in [-0.4, -0.2) is 33.8 Å². The van der Waals surface area contributed by atoms with Crippen LogP contribution < -0.4 is 11.1 Å². The number of hydrogen-bond donors (Lipinski definition) is 0. The lowest BCUT2D eigenvalue weighted by molar-refractivity contribution is -0.270. The molecule has 0 aliphatic carbocycles. The topological polar surface area (TPSA) is 77.8 Å². The van der Waals surface area contributed by atoms with Crippen molar-refractivity contribution in [1.82, 2.24) is 9.63 Å². The number of carbonyl (C=O) groups excluding carboxylic acids is 1. The van der Waals surface area contributed by atoms with Crippen molar-refractivity contribution >= 4 is 91.3 Å². The molecule has 0 saturated carbocycles. The smallest absolute Gasteiger partial charge is 0.337 e. The Kier molecular flexibility index (Phi) is 10.1. The average Bonchev–Trinajstić information content (AvgIpc) is 3.22. The largest absolute Gasteiger partial charge is 0.464 e. The number of rotatable bonds is 13. The highest BCUT2D eigenvalue weighted by molar-refractivity contribution is 7.25. The first-order chi connectivity index (χ1) is 28.4. The van der Waals surface area contributed by atoms with Crippen molar-refractivity contribution in [3.05, 3.63) is 129 Å². The van der Waals surface area contributed by atoms with Gasteiger partial charge in [0.2, 0.25) is 0 Å². The van der Waals surface area contributed by atoms with Crippen LogP contribution in [0.25, 0.3) is 74.0 Å². The van der Waals surface area contributed by atoms with E-state index < -0.39 is 17.6 Å². The number of aromatic nitrogens is 1. The predicted molar refractivity (Wildman–Crippen MR) is 245 cm³/mol. The summed E-state index contributed by atoms with van der Waals surface area (Å²) in [5, 5.41) is 14.5. The van der Waals surface area contributed by atoms with Crippen molar-refractivity contribution in [2.75, 3.05) is 6.61 Å². The van der Waals surface area contributed by atoms with E-state index in [0.29, 0.717) is 30.2 Å². The molecular weight excluding hydrogens is 753 g/mol. The van der Waals surface area contributed by atoms with Gasteiger partial charge in [-0.1, -0.05) is 99.1 Å². The van der Waals surface area contributed by atoms with E-state index in [9.17, 15) is 14.4 Å². The van der Waals surface area contributed by atoms with E-state index >= 15 is 0 Å². The molecule has 8 heteroatoms. The van der Waals surface area contributed by atoms with Gasteiger partial charge in [-0.05, 0) is 126 Å². The summed E-state index contributed by atoms with van der Waals surface area (Å²) >= 11 is 1.69. The molecule has 7 aromatic carbocycles. The summed E-state index contributed by atoms with van der Waals surface area (Å²) in [6.45, 7) is 13.1. The molecule has 2 heterocycles. The van der Waals surface area contributed by atoms with E-state index in [-0.39, 0.29) is 29.7 Å². The maximum Gasteiger partial charge on any atom is 0.337 e. The second kappa shape index (κ2) is 15.3. The Labute approximate surface area is 347 Å². The van der Waals surface area contributed by atoms with Gasteiger partial charge in [0.25, 0.3) is 11.1 Å². The number of nitrogens with zero attached hydrogens (tertiary/aromatic N) is 2. The molecule has 0 bridgehead atoms. The zero-order chi connectivity index (χ0) is 41.2. The summed E-state index contributed by atoms with van der Waals surface area (Å²) in [5.41, 5.74) is 0.274. The third-order valence-corrected chi connectivity index (χ3v) is 13.2. The summed E-state index contributed by atoms with van der Waals surface area (Å²) in [6.07, 6.45) is 2.12. The minimum Gasteiger partial charge on any atom is -0.464 e. The van der Waals surface area contributed by atoms with Crippen molar-refractivity contribution in [1.29, 1.82) is 0 Å². The van der Waals surface area contributed by atoms with E-state index in [1.54, 1.807) is 18.3 Å². The Morgan fingerprint density at radius 1 is 0.627 bits per heavy atom. The van der Waals surface area contributed by atoms with Crippen molar-refractivity contribution in [3.63, 3.8) is 0 Å². The van der Waals surface area contributed by atoms with Gasteiger partial charge in [0.15, 0.2) is 6.10 Å². The second-order valence-electron chi connectivity index (χ2n) is 17.4. The number of fused-ring (bicyclic) bond motifs is 2. The van der Waals surface area contributed by atoms with E-state index in [4.69, 9.17) is 9.57 Å². The number of hydroxylamine groups is 2. The van der Waals surface area contributed by atoms with Gasteiger partial charge in [-0.3, -0.25) is 19.0 Å². The van der Waals surface area contributed by atoms with E-state index in [2.05, 4.69) is 101 Å². The summed E-state index contributed by atoms with van der Waals surface area (Å²) in [7, 11) is 0. The van der Waals surface area contributed by atoms with E-state index in [0.717, 1.165) is 39.1 Å². The molecule has 0 aliphatic heterocycles. The Hall–Kier alpha value is -5.41. The highest BCUT2D eigenvalue weighted by Gasteiger charge is 2.37. The first kappa shape index (κ1) is 39.1. The molecule has 59 heavy (non-hydrogen) atoms. The Morgan fingerprint density at radius 2 is 1.25 bits per heavy atom. The van der Waals surface area contributed by atoms with Gasteiger partial charge < -0.3 is 4.74 Å². The number of pyridine rings is 1. The van der Waals surface area contributed by atoms with Gasteiger partial charge in [0, 0.05) is 43.0 Å². The lowest BCUT2D eigenvalue weighted by atomic mass is 9.85. The maximum absolute atomic E-state index is 13.7. The maximum atomic E-state index is 13.7. The van der Waals surface area contributed by atoms with Crippen LogP contribution in [0, 0.1) is 5.92 Å². The summed E-state index contributed by atoms with van der Waals surface area (Å²) in [6, 6.07) is 35.7. The average molecular weight is 803 g/mol. The molecule has 300 valence electrons. The highest BCUT2D eigenvalue weighted by Crippen LogP contribution is 2.43. The van der Waals surface area contributed by atoms with Crippen LogP contribution in [0.1, 0.15) is 78.8 Å². The Bertz CT molecular complexity index is 3090. The molecule has 9 rings (SSSR count). The first-order valence-electron chi connectivity index (χ1n) is 20.9. The van der Waals surface area contributed by atoms with Crippen LogP contribution in [0.5, 0.6) is 0 Å². The Morgan fingerprint density at radius 3 is 1.98 bits per heavy atom. The molecule has 0 N–H and O–H groups in total. The van der Waals surface area contributed by atoms with E-state index in [1.165, 1.54) is 47.1 Å². The molecule has 0 radical (unpaired) electrons. The molecular formula is C51H50N2O5S. The number of esters is 1. The number of ether oxygens (including phenoxy) is 1. The predicted octanol–water partition coefficient (Wildman–Crippen LogP) is 12.1. The molecule has 9 aromatic rings. The molecule has 0 amide bonds. The minimum atomic E-state index is -0.812. The van der Waals surface area contributed by atoms with Gasteiger partial charge in [-0.25, -0.2) is 4.79 Å². The zero-order valence-corrected chi connectivity index (χ0v) is 35.5. The SMILES string of the molecule is CC(ON(C(c1ccc2ccc3cccc4ccc1c2c34)C(C)C)C(C)(C)C)C(=O)OCCCCCCn1c(=O)c2ccc3sc4ccccc4c4ccc(c1=O)c2c34. The fraction of sp³-hybridized carbons (Fsp3) is 0.314. The molecule has 0 aliphatic rings. The van der Waals surface area contributed by atoms with Crippen LogP contribution in [0.4, 0.5) is 0 Å². The Balaban J connectivity index is 0.840. The third kappa shape index (κ3) is 6.81. The summed E-state index contributed by atoms with van der Waals surface area (Å²) in [5.74, 6) is -0.227. The normalized spacial score (nSPS) is 13.8. The number of benzene rings is 7. The quantitative estimate of drug-likeness (QED) is 0.0380. The van der Waals surface area contributed by atoms with Crippen molar-refractivity contribution < 1.29 is 14.4 Å². The fourth-order valence-corrected chi connectivity index (χ4v) is 10.4. The minimum absolute atomic E-state index is 0.132. The summed E-state index contributed by atoms with van der Waals surface area (Å²) < 4.78 is 9.40. The van der Waals surface area contributed by atoms with Crippen LogP contribution in [0.15, 0.2) is 113 Å². The van der Waals surface area contributed by atoms with Gasteiger partial charge >= 0.3 is 5.97 Å². The summed E-state index contributed by atoms with van der Waals surface area (Å²) in [4.78, 5) is 47.5. The van der Waals surface area contributed by atoms with Gasteiger partial charge in [0.05, 0.1) is 12.6 Å². The van der Waals surface area contributed by atoms with Gasteiger partial charge in [0.1, 0.15) is 0 Å². The molecule has 2 atom stereocenters. The monoisotopic (exact) mass is 802 g/mol. The molecule has 2 unspecified atom stereocenters. The lowest BCUT2D eigenvalue weighted by Crippen LogP contribution is -2.48. The van der Waals surface area contributed by atoms with Crippen molar-refractivity contribution in [2.45, 2.75) is 91.5 Å². The first-order valence-corrected chi connectivity index (χ1v) is 21.8. The molecule has 0 spiro atoms. The van der Waals surface area contributed by atoms with Crippen LogP contribution in [-0.2, 0) is 20.9 Å². The number of unbranched alkanes of at least 4 members (excludes halogenated alkanes) is 3. The molecule has 0 fully saturated rings. The molecule has 0 saturated heterocycles. The van der Waals surface area contributed by atoms with Crippen LogP contribution >= 0.6 is 11.3 Å².